The van der Waals surface area contributed by atoms with Crippen molar-refractivity contribution in [2.24, 2.45) is 5.92 Å². The van der Waals surface area contributed by atoms with Gasteiger partial charge in [0, 0.05) is 43.6 Å². The van der Waals surface area contributed by atoms with Gasteiger partial charge in [0.25, 0.3) is 5.91 Å². The monoisotopic (exact) mass is 513 g/mol. The van der Waals surface area contributed by atoms with E-state index in [1.807, 2.05) is 0 Å². The average Bonchev–Trinajstić information content (AvgIpc) is 3.49. The molecule has 190 valence electrons. The standard InChI is InChI=1S/C26H29ClFN5O3/c1-35-7-6-32-19-3-4-20(32)9-16(8-19)15-36-24-10-18(28)2-5-21(24)26(34)31-13-22-23(14-31)30-33-12-17(27)11-29-25(22)33/h2,5,10-12,16,19-20H,3-4,6-9,13-15H2,1H3/t16?,19-,20+. The van der Waals surface area contributed by atoms with Gasteiger partial charge in [0.1, 0.15) is 11.6 Å². The summed E-state index contributed by atoms with van der Waals surface area (Å²) in [7, 11) is 1.74. The minimum absolute atomic E-state index is 0.204. The number of amides is 1. The van der Waals surface area contributed by atoms with Crippen LogP contribution < -0.4 is 4.74 Å². The number of hydrogen-bond donors (Lipinski definition) is 0. The molecule has 1 amide bonds. The van der Waals surface area contributed by atoms with Gasteiger partial charge in [0.2, 0.25) is 0 Å². The van der Waals surface area contributed by atoms with Gasteiger partial charge >= 0.3 is 0 Å². The second-order valence-electron chi connectivity index (χ2n) is 10.0. The molecule has 0 aliphatic carbocycles. The van der Waals surface area contributed by atoms with Crippen LogP contribution in [-0.4, -0.2) is 69.3 Å². The maximum atomic E-state index is 14.2. The largest absolute Gasteiger partial charge is 0.492 e. The van der Waals surface area contributed by atoms with Gasteiger partial charge < -0.3 is 14.4 Å². The van der Waals surface area contributed by atoms with Crippen molar-refractivity contribution in [3.63, 3.8) is 0 Å². The third-order valence-corrected chi connectivity index (χ3v) is 7.98. The van der Waals surface area contributed by atoms with Gasteiger partial charge in [-0.05, 0) is 43.7 Å². The van der Waals surface area contributed by atoms with E-state index in [1.165, 1.54) is 31.0 Å². The molecule has 2 saturated heterocycles. The molecule has 1 unspecified atom stereocenters. The number of piperidine rings is 1. The fraction of sp³-hybridized carbons (Fsp3) is 0.500. The van der Waals surface area contributed by atoms with Crippen LogP contribution in [0.3, 0.4) is 0 Å². The average molecular weight is 514 g/mol. The Morgan fingerprint density at radius 1 is 1.22 bits per heavy atom. The van der Waals surface area contributed by atoms with Crippen molar-refractivity contribution < 1.29 is 18.7 Å². The molecular formula is C26H29ClFN5O3. The smallest absolute Gasteiger partial charge is 0.258 e. The normalized spacial score (nSPS) is 23.4. The van der Waals surface area contributed by atoms with E-state index in [0.29, 0.717) is 59.7 Å². The molecule has 2 bridgehead atoms. The Morgan fingerprint density at radius 3 is 2.81 bits per heavy atom. The second kappa shape index (κ2) is 9.61. The molecule has 8 nitrogen and oxygen atoms in total. The van der Waals surface area contributed by atoms with E-state index < -0.39 is 5.82 Å². The predicted octanol–water partition coefficient (Wildman–Crippen LogP) is 3.95. The van der Waals surface area contributed by atoms with Crippen LogP contribution in [0.2, 0.25) is 5.02 Å². The van der Waals surface area contributed by atoms with Crippen molar-refractivity contribution in [3.05, 3.63) is 58.3 Å². The number of methoxy groups -OCH3 is 1. The number of benzene rings is 1. The van der Waals surface area contributed by atoms with Gasteiger partial charge in [-0.1, -0.05) is 11.6 Å². The molecule has 0 saturated carbocycles. The molecule has 2 aromatic heterocycles. The summed E-state index contributed by atoms with van der Waals surface area (Å²) in [5.74, 6) is 0.0665. The highest BCUT2D eigenvalue weighted by Crippen LogP contribution is 2.39. The first kappa shape index (κ1) is 23.6. The molecule has 36 heavy (non-hydrogen) atoms. The number of halogens is 2. The Bertz CT molecular complexity index is 1290. The molecule has 10 heteroatoms. The fourth-order valence-corrected chi connectivity index (χ4v) is 6.26. The van der Waals surface area contributed by atoms with Crippen LogP contribution in [0.4, 0.5) is 4.39 Å². The summed E-state index contributed by atoms with van der Waals surface area (Å²) in [5, 5.41) is 5.03. The molecular weight excluding hydrogens is 485 g/mol. The number of ether oxygens (including phenoxy) is 2. The molecule has 2 fully saturated rings. The Hall–Kier alpha value is -2.75. The zero-order valence-corrected chi connectivity index (χ0v) is 21.0. The highest BCUT2D eigenvalue weighted by Gasteiger charge is 2.40. The minimum atomic E-state index is -0.417. The molecule has 3 aliphatic rings. The summed E-state index contributed by atoms with van der Waals surface area (Å²) in [6, 6.07) is 5.25. The number of rotatable bonds is 7. The van der Waals surface area contributed by atoms with Crippen molar-refractivity contribution in [1.82, 2.24) is 24.4 Å². The molecule has 0 spiro atoms. The van der Waals surface area contributed by atoms with Crippen LogP contribution in [0.25, 0.3) is 5.65 Å². The van der Waals surface area contributed by atoms with E-state index in [9.17, 15) is 9.18 Å². The van der Waals surface area contributed by atoms with Crippen LogP contribution in [0.15, 0.2) is 30.6 Å². The lowest BCUT2D eigenvalue weighted by molar-refractivity contribution is 0.0546. The summed E-state index contributed by atoms with van der Waals surface area (Å²) in [6.45, 7) is 2.93. The van der Waals surface area contributed by atoms with E-state index in [0.717, 1.165) is 37.3 Å². The molecule has 3 aliphatic heterocycles. The quantitative estimate of drug-likeness (QED) is 0.476. The SMILES string of the molecule is COCCN1[C@@H]2CC[C@H]1CC(COc1cc(F)ccc1C(=O)N1Cc3nn4cc(Cl)cnc4c3C1)C2. The van der Waals surface area contributed by atoms with Crippen molar-refractivity contribution >= 4 is 23.2 Å². The molecule has 3 atom stereocenters. The van der Waals surface area contributed by atoms with E-state index in [-0.39, 0.29) is 5.91 Å². The maximum absolute atomic E-state index is 14.2. The first-order chi connectivity index (χ1) is 17.5. The summed E-state index contributed by atoms with van der Waals surface area (Å²) >= 11 is 6.02. The third kappa shape index (κ3) is 4.33. The molecule has 3 aromatic rings. The maximum Gasteiger partial charge on any atom is 0.258 e. The van der Waals surface area contributed by atoms with Crippen molar-refractivity contribution in [2.75, 3.05) is 26.9 Å². The Labute approximate surface area is 213 Å². The Morgan fingerprint density at radius 2 is 2.03 bits per heavy atom. The summed E-state index contributed by atoms with van der Waals surface area (Å²) in [4.78, 5) is 22.1. The van der Waals surface area contributed by atoms with Crippen LogP contribution in [0.1, 0.15) is 47.3 Å². The molecule has 6 rings (SSSR count). The highest BCUT2D eigenvalue weighted by molar-refractivity contribution is 6.30. The lowest BCUT2D eigenvalue weighted by atomic mass is 9.91. The molecule has 5 heterocycles. The van der Waals surface area contributed by atoms with Gasteiger partial charge in [-0.2, -0.15) is 5.10 Å². The van der Waals surface area contributed by atoms with E-state index in [4.69, 9.17) is 21.1 Å². The zero-order valence-electron chi connectivity index (χ0n) is 20.2. The van der Waals surface area contributed by atoms with Gasteiger partial charge in [0.15, 0.2) is 5.65 Å². The lowest BCUT2D eigenvalue weighted by Gasteiger charge is -2.38. The van der Waals surface area contributed by atoms with Crippen LogP contribution >= 0.6 is 11.6 Å². The number of aromatic nitrogens is 3. The molecule has 0 radical (unpaired) electrons. The summed E-state index contributed by atoms with van der Waals surface area (Å²) in [6.07, 6.45) is 7.79. The van der Waals surface area contributed by atoms with E-state index in [1.54, 1.807) is 28.9 Å². The van der Waals surface area contributed by atoms with Crippen LogP contribution in [-0.2, 0) is 17.8 Å². The minimum Gasteiger partial charge on any atom is -0.492 e. The lowest BCUT2D eigenvalue weighted by Crippen LogP contribution is -2.45. The third-order valence-electron chi connectivity index (χ3n) is 7.78. The first-order valence-electron chi connectivity index (χ1n) is 12.5. The van der Waals surface area contributed by atoms with Gasteiger partial charge in [-0.3, -0.25) is 9.69 Å². The Kier molecular flexibility index (Phi) is 6.31. The summed E-state index contributed by atoms with van der Waals surface area (Å²) in [5.41, 5.74) is 2.75. The van der Waals surface area contributed by atoms with Crippen LogP contribution in [0.5, 0.6) is 5.75 Å². The van der Waals surface area contributed by atoms with Gasteiger partial charge in [-0.25, -0.2) is 13.9 Å². The topological polar surface area (TPSA) is 72.2 Å². The zero-order chi connectivity index (χ0) is 24.8. The molecule has 1 aromatic carbocycles. The van der Waals surface area contributed by atoms with Gasteiger partial charge in [0.05, 0.1) is 48.8 Å². The predicted molar refractivity (Wildman–Crippen MR) is 132 cm³/mol. The first-order valence-corrected chi connectivity index (χ1v) is 12.9. The van der Waals surface area contributed by atoms with Crippen molar-refractivity contribution in [3.8, 4) is 5.75 Å². The number of nitrogens with zero attached hydrogens (tertiary/aromatic N) is 5. The number of fused-ring (bicyclic) bond motifs is 5. The number of hydrogen-bond acceptors (Lipinski definition) is 6. The Balaban J connectivity index is 1.14. The molecule has 0 N–H and O–H groups in total. The number of carbonyl (C=O) groups is 1. The van der Waals surface area contributed by atoms with E-state index in [2.05, 4.69) is 15.0 Å². The van der Waals surface area contributed by atoms with E-state index >= 15 is 0 Å². The highest BCUT2D eigenvalue weighted by atomic mass is 35.5. The fourth-order valence-electron chi connectivity index (χ4n) is 6.12. The van der Waals surface area contributed by atoms with Crippen molar-refractivity contribution in [1.29, 1.82) is 0 Å². The summed E-state index contributed by atoms with van der Waals surface area (Å²) < 4.78 is 27.2. The van der Waals surface area contributed by atoms with Gasteiger partial charge in [-0.15, -0.1) is 0 Å². The van der Waals surface area contributed by atoms with Crippen molar-refractivity contribution in [2.45, 2.75) is 50.9 Å². The van der Waals surface area contributed by atoms with Crippen LogP contribution in [0, 0.1) is 11.7 Å². The second-order valence-corrected chi connectivity index (χ2v) is 10.5. The number of carbonyl (C=O) groups excluding carboxylic acids is 1.